The number of esters is 3. The van der Waals surface area contributed by atoms with Gasteiger partial charge in [0, 0.05) is 32.0 Å². The van der Waals surface area contributed by atoms with Crippen molar-refractivity contribution in [2.45, 2.75) is 211 Å². The lowest BCUT2D eigenvalue weighted by molar-refractivity contribution is -0.319. The van der Waals surface area contributed by atoms with Crippen LogP contribution in [0.5, 0.6) is 0 Å². The maximum atomic E-state index is 14.4. The molecule has 20 atom stereocenters. The van der Waals surface area contributed by atoms with Gasteiger partial charge in [-0.25, -0.2) is 9.59 Å². The minimum Gasteiger partial charge on any atom is -0.459 e. The van der Waals surface area contributed by atoms with Crippen LogP contribution in [0.4, 0.5) is 0 Å². The van der Waals surface area contributed by atoms with Crippen LogP contribution in [0.25, 0.3) is 0 Å². The van der Waals surface area contributed by atoms with E-state index in [2.05, 4.69) is 0 Å². The minimum absolute atomic E-state index is 0.0608. The number of nitrogens with zero attached hydrogens (tertiary/aromatic N) is 2. The average molecular weight is 893 g/mol. The van der Waals surface area contributed by atoms with E-state index in [4.69, 9.17) is 37.9 Å². The van der Waals surface area contributed by atoms with Gasteiger partial charge in [0.2, 0.25) is 0 Å². The Labute approximate surface area is 368 Å². The van der Waals surface area contributed by atoms with E-state index >= 15 is 0 Å². The molecule has 0 amide bonds. The maximum absolute atomic E-state index is 14.4. The van der Waals surface area contributed by atoms with Crippen LogP contribution in [0, 0.1) is 17.8 Å². The Morgan fingerprint density at radius 3 is 2.10 bits per heavy atom. The predicted octanol–water partition coefficient (Wildman–Crippen LogP) is 1.76. The second-order valence-electron chi connectivity index (χ2n) is 19.3. The predicted molar refractivity (Wildman–Crippen MR) is 225 cm³/mol. The van der Waals surface area contributed by atoms with Crippen molar-refractivity contribution >= 4 is 17.9 Å². The van der Waals surface area contributed by atoms with Gasteiger partial charge in [0.25, 0.3) is 0 Å². The summed E-state index contributed by atoms with van der Waals surface area (Å²) in [6.07, 6.45) is -12.6. The molecule has 3 fully saturated rings. The first-order chi connectivity index (χ1) is 28.5. The van der Waals surface area contributed by atoms with E-state index in [1.807, 2.05) is 37.7 Å². The first-order valence-electron chi connectivity index (χ1n) is 22.2. The van der Waals surface area contributed by atoms with E-state index in [9.17, 15) is 39.9 Å². The topological polar surface area (TPSA) is 233 Å². The molecular formula is C44H80N2O16. The van der Waals surface area contributed by atoms with Crippen molar-refractivity contribution in [3.8, 4) is 0 Å². The Hall–Kier alpha value is -2.07. The molecule has 3 rings (SSSR count). The average Bonchev–Trinajstić information content (AvgIpc) is 3.18. The highest BCUT2D eigenvalue weighted by molar-refractivity contribution is 5.80. The number of methoxy groups -OCH3 is 1. The molecule has 5 N–H and O–H groups in total. The molecule has 0 unspecified atom stereocenters. The Bertz CT molecular complexity index is 1470. The van der Waals surface area contributed by atoms with Crippen LogP contribution < -0.4 is 0 Å². The molecule has 0 aromatic rings. The van der Waals surface area contributed by atoms with E-state index in [-0.39, 0.29) is 25.2 Å². The smallest absolute Gasteiger partial charge is 0.347 e. The van der Waals surface area contributed by atoms with Crippen molar-refractivity contribution in [1.82, 2.24) is 9.80 Å². The Morgan fingerprint density at radius 1 is 0.935 bits per heavy atom. The highest BCUT2D eigenvalue weighted by Crippen LogP contribution is 2.40. The number of carbonyl (C=O) groups excluding carboxylic acids is 3. The third-order valence-corrected chi connectivity index (χ3v) is 13.4. The third-order valence-electron chi connectivity index (χ3n) is 13.4. The highest BCUT2D eigenvalue weighted by atomic mass is 16.7. The molecule has 3 saturated heterocycles. The van der Waals surface area contributed by atoms with Crippen LogP contribution >= 0.6 is 0 Å². The lowest BCUT2D eigenvalue weighted by Crippen LogP contribution is -2.61. The van der Waals surface area contributed by atoms with Crippen molar-refractivity contribution in [3.63, 3.8) is 0 Å². The molecule has 3 aliphatic heterocycles. The van der Waals surface area contributed by atoms with E-state index in [0.29, 0.717) is 13.0 Å². The van der Waals surface area contributed by atoms with Crippen LogP contribution in [-0.4, -0.2) is 191 Å². The van der Waals surface area contributed by atoms with Gasteiger partial charge < -0.3 is 73.2 Å². The summed E-state index contributed by atoms with van der Waals surface area (Å²) in [5.41, 5.74) is -4.67. The molecule has 0 aromatic carbocycles. The SMILES string of the molecule is CC[C@H]1OC(=O)[C@H](C)[C@@H](O[C@H]2C[C@@](C)(OC)[C@@H](O)[C@H](C)O2)[C@H](C)[C@@H](O[C@@H]2O[C@H](C)C[C@H](N(C)C)[C@H]2OC(=O)[C@H](C)OC(=O)[C@@H](C)O)[C@](C)(O)C[C@@H](C)CN(C)[C@H](C)[C@@H](O)[C@]1(C)O. The maximum Gasteiger partial charge on any atom is 0.347 e. The molecule has 0 spiro atoms. The van der Waals surface area contributed by atoms with Gasteiger partial charge >= 0.3 is 17.9 Å². The van der Waals surface area contributed by atoms with Crippen molar-refractivity contribution in [3.05, 3.63) is 0 Å². The number of aliphatic hydroxyl groups is 5. The van der Waals surface area contributed by atoms with Gasteiger partial charge in [-0.05, 0) is 109 Å². The molecule has 3 aliphatic rings. The van der Waals surface area contributed by atoms with Crippen molar-refractivity contribution in [1.29, 1.82) is 0 Å². The van der Waals surface area contributed by atoms with Gasteiger partial charge in [-0.2, -0.15) is 0 Å². The van der Waals surface area contributed by atoms with E-state index in [1.165, 1.54) is 27.9 Å². The standard InChI is InChI=1S/C44H80N2O16/c1-17-31-44(12,54)35(48)26(6)46(15)21-22(2)19-42(10,53)37(24(4)33(25(5)38(50)59-31)60-32-20-43(11,55-16)36(49)28(8)57-32)62-41-34(30(45(13)14)18-23(3)56-41)61-40(52)29(9)58-39(51)27(7)47/h22-37,41,47-49,53-54H,17-21H2,1-16H3/t22-,23-,24+,25-,26-,27-,28+,29+,30+,31-,32+,33+,34-,35-,36+,37-,41+,42-,43-,44-/m1/s1. The molecule has 0 aliphatic carbocycles. The fourth-order valence-electron chi connectivity index (χ4n) is 9.40. The number of hydrogen-bond acceptors (Lipinski definition) is 18. The lowest BCUT2D eigenvalue weighted by atomic mass is 9.77. The van der Waals surface area contributed by atoms with Gasteiger partial charge in [0.1, 0.15) is 30.0 Å². The van der Waals surface area contributed by atoms with Crippen LogP contribution in [0.1, 0.15) is 109 Å². The summed E-state index contributed by atoms with van der Waals surface area (Å²) in [4.78, 5) is 44.0. The van der Waals surface area contributed by atoms with E-state index < -0.39 is 132 Å². The number of hydrogen-bond donors (Lipinski definition) is 5. The summed E-state index contributed by atoms with van der Waals surface area (Å²) in [6, 6.07) is -1.09. The summed E-state index contributed by atoms with van der Waals surface area (Å²) < 4.78 is 49.3. The zero-order valence-corrected chi connectivity index (χ0v) is 40.0. The Kier molecular flexibility index (Phi) is 19.2. The van der Waals surface area contributed by atoms with Gasteiger partial charge in [-0.3, -0.25) is 4.79 Å². The molecule has 0 saturated carbocycles. The molecule has 0 radical (unpaired) electrons. The van der Waals surface area contributed by atoms with Crippen molar-refractivity contribution in [2.24, 2.45) is 17.8 Å². The number of cyclic esters (lactones) is 1. The Morgan fingerprint density at radius 2 is 1.55 bits per heavy atom. The summed E-state index contributed by atoms with van der Waals surface area (Å²) >= 11 is 0. The zero-order chi connectivity index (χ0) is 47.4. The third kappa shape index (κ3) is 12.8. The number of aliphatic hydroxyl groups excluding tert-OH is 3. The van der Waals surface area contributed by atoms with Crippen LogP contribution in [-0.2, 0) is 52.3 Å². The molecule has 0 bridgehead atoms. The summed E-state index contributed by atoms with van der Waals surface area (Å²) in [5, 5.41) is 57.0. The summed E-state index contributed by atoms with van der Waals surface area (Å²) in [5.74, 6) is -4.94. The summed E-state index contributed by atoms with van der Waals surface area (Å²) in [6.45, 7) is 20.0. The molecular weight excluding hydrogens is 812 g/mol. The van der Waals surface area contributed by atoms with E-state index in [1.54, 1.807) is 55.5 Å². The quantitative estimate of drug-likeness (QED) is 0.147. The molecule has 0 aromatic heterocycles. The fourth-order valence-corrected chi connectivity index (χ4v) is 9.40. The largest absolute Gasteiger partial charge is 0.459 e. The molecule has 18 nitrogen and oxygen atoms in total. The molecule has 18 heteroatoms. The zero-order valence-electron chi connectivity index (χ0n) is 40.0. The lowest BCUT2D eigenvalue weighted by Gasteiger charge is -2.49. The Balaban J connectivity index is 2.24. The first kappa shape index (κ1) is 54.3. The van der Waals surface area contributed by atoms with Gasteiger partial charge in [-0.15, -0.1) is 0 Å². The molecule has 62 heavy (non-hydrogen) atoms. The first-order valence-corrected chi connectivity index (χ1v) is 22.2. The van der Waals surface area contributed by atoms with Crippen molar-refractivity contribution in [2.75, 3.05) is 34.8 Å². The monoisotopic (exact) mass is 893 g/mol. The molecule has 362 valence electrons. The second-order valence-corrected chi connectivity index (χ2v) is 19.3. The summed E-state index contributed by atoms with van der Waals surface area (Å²) in [7, 11) is 6.90. The molecule has 3 heterocycles. The van der Waals surface area contributed by atoms with Crippen LogP contribution in [0.2, 0.25) is 0 Å². The number of ether oxygens (including phenoxy) is 8. The fraction of sp³-hybridized carbons (Fsp3) is 0.932. The number of carbonyl (C=O) groups is 3. The number of likely N-dealkylation sites (N-methyl/N-ethyl adjacent to an activating group) is 2. The van der Waals surface area contributed by atoms with E-state index in [0.717, 1.165) is 0 Å². The normalized spacial score (nSPS) is 44.4. The van der Waals surface area contributed by atoms with Crippen molar-refractivity contribution < 1.29 is 77.8 Å². The second kappa shape index (κ2) is 21.9. The van der Waals surface area contributed by atoms with Gasteiger partial charge in [0.05, 0.1) is 47.6 Å². The highest BCUT2D eigenvalue weighted by Gasteiger charge is 2.53. The van der Waals surface area contributed by atoms with Crippen LogP contribution in [0.15, 0.2) is 0 Å². The van der Waals surface area contributed by atoms with Gasteiger partial charge in [0.15, 0.2) is 24.8 Å². The minimum atomic E-state index is -1.87. The number of rotatable bonds is 11. The van der Waals surface area contributed by atoms with Gasteiger partial charge in [-0.1, -0.05) is 20.8 Å². The van der Waals surface area contributed by atoms with Crippen LogP contribution in [0.3, 0.4) is 0 Å².